The van der Waals surface area contributed by atoms with Crippen molar-refractivity contribution < 1.29 is 0 Å². The Labute approximate surface area is 208 Å². The van der Waals surface area contributed by atoms with Crippen molar-refractivity contribution in [3.05, 3.63) is 153 Å². The predicted octanol–water partition coefficient (Wildman–Crippen LogP) is 9.41. The van der Waals surface area contributed by atoms with E-state index in [1.54, 1.807) is 0 Å². The molecule has 160 valence electrons. The molecular formula is C30H26Br2. The topological polar surface area (TPSA) is 0 Å². The van der Waals surface area contributed by atoms with Crippen LogP contribution in [-0.4, -0.2) is 0 Å². The molecule has 0 aliphatic heterocycles. The first-order chi connectivity index (χ1) is 15.7. The molecule has 0 aliphatic carbocycles. The second kappa shape index (κ2) is 13.7. The zero-order chi connectivity index (χ0) is 22.4. The van der Waals surface area contributed by atoms with Crippen molar-refractivity contribution in [2.75, 3.05) is 0 Å². The van der Waals surface area contributed by atoms with Crippen LogP contribution in [0.4, 0.5) is 0 Å². The van der Waals surface area contributed by atoms with Crippen LogP contribution in [0.5, 0.6) is 0 Å². The van der Waals surface area contributed by atoms with Crippen LogP contribution in [0.2, 0.25) is 0 Å². The summed E-state index contributed by atoms with van der Waals surface area (Å²) >= 11 is 7.06. The highest BCUT2D eigenvalue weighted by atomic mass is 79.9. The smallest absolute Gasteiger partial charge is 0.0247 e. The Bertz CT molecular complexity index is 1040. The van der Waals surface area contributed by atoms with Gasteiger partial charge in [0.1, 0.15) is 0 Å². The van der Waals surface area contributed by atoms with Crippen molar-refractivity contribution in [2.45, 2.75) is 12.8 Å². The lowest BCUT2D eigenvalue weighted by Crippen LogP contribution is -1.79. The third-order valence-corrected chi connectivity index (χ3v) is 6.24. The van der Waals surface area contributed by atoms with Gasteiger partial charge < -0.3 is 0 Å². The number of halogens is 2. The predicted molar refractivity (Wildman–Crippen MR) is 147 cm³/mol. The maximum atomic E-state index is 3.53. The summed E-state index contributed by atoms with van der Waals surface area (Å²) in [4.78, 5) is 0. The Morgan fingerprint density at radius 2 is 0.781 bits per heavy atom. The molecule has 0 saturated carbocycles. The van der Waals surface area contributed by atoms with Crippen LogP contribution >= 0.6 is 31.9 Å². The third-order valence-electron chi connectivity index (χ3n) is 4.80. The molecule has 4 aromatic rings. The van der Waals surface area contributed by atoms with E-state index in [0.29, 0.717) is 0 Å². The van der Waals surface area contributed by atoms with Crippen LogP contribution in [0.3, 0.4) is 0 Å². The number of benzene rings is 4. The molecule has 0 aliphatic rings. The molecule has 0 unspecified atom stereocenters. The zero-order valence-corrected chi connectivity index (χ0v) is 21.0. The molecule has 0 aromatic heterocycles. The molecule has 4 aromatic carbocycles. The minimum Gasteiger partial charge on any atom is -0.0795 e. The summed E-state index contributed by atoms with van der Waals surface area (Å²) in [6, 6.07) is 37.4. The van der Waals surface area contributed by atoms with E-state index in [1.807, 2.05) is 36.4 Å². The summed E-state index contributed by atoms with van der Waals surface area (Å²) in [6.45, 7) is 0. The minimum atomic E-state index is 0.974. The highest BCUT2D eigenvalue weighted by molar-refractivity contribution is 9.10. The van der Waals surface area contributed by atoms with E-state index in [-0.39, 0.29) is 0 Å². The maximum absolute atomic E-state index is 3.53. The first-order valence-corrected chi connectivity index (χ1v) is 12.2. The molecule has 0 spiro atoms. The molecule has 32 heavy (non-hydrogen) atoms. The lowest BCUT2D eigenvalue weighted by Gasteiger charge is -1.97. The van der Waals surface area contributed by atoms with Crippen LogP contribution in [0, 0.1) is 0 Å². The van der Waals surface area contributed by atoms with Crippen molar-refractivity contribution in [2.24, 2.45) is 0 Å². The van der Waals surface area contributed by atoms with Gasteiger partial charge in [0.05, 0.1) is 0 Å². The molecule has 4 rings (SSSR count). The Balaban J connectivity index is 0.000000181. The molecule has 2 heteroatoms. The molecule has 0 nitrogen and oxygen atoms in total. The lowest BCUT2D eigenvalue weighted by atomic mass is 10.1. The Hall–Kier alpha value is -2.68. The summed E-state index contributed by atoms with van der Waals surface area (Å²) in [5, 5.41) is 0. The van der Waals surface area contributed by atoms with Gasteiger partial charge in [-0.15, -0.1) is 0 Å². The van der Waals surface area contributed by atoms with E-state index in [2.05, 4.69) is 129 Å². The Morgan fingerprint density at radius 1 is 0.438 bits per heavy atom. The van der Waals surface area contributed by atoms with E-state index >= 15 is 0 Å². The fourth-order valence-electron chi connectivity index (χ4n) is 3.09. The van der Waals surface area contributed by atoms with Crippen LogP contribution in [0.25, 0.3) is 12.2 Å². The first-order valence-electron chi connectivity index (χ1n) is 10.6. The van der Waals surface area contributed by atoms with Gasteiger partial charge in [0.15, 0.2) is 0 Å². The summed E-state index contributed by atoms with van der Waals surface area (Å²) in [5.41, 5.74) is 5.12. The number of allylic oxidation sites excluding steroid dienone is 2. The van der Waals surface area contributed by atoms with Gasteiger partial charge in [0.25, 0.3) is 0 Å². The van der Waals surface area contributed by atoms with Gasteiger partial charge in [-0.25, -0.2) is 0 Å². The third kappa shape index (κ3) is 8.45. The standard InChI is InChI=1S/2C15H13Br/c2*16-15-12-5-4-10-14(15)11-6-9-13-7-2-1-3-8-13/h2*1-8,10-12H,9H2/b11-6+;11-6-. The minimum absolute atomic E-state index is 0.974. The average molecular weight is 546 g/mol. The molecule has 0 saturated heterocycles. The van der Waals surface area contributed by atoms with Crippen LogP contribution in [0.15, 0.2) is 130 Å². The van der Waals surface area contributed by atoms with E-state index in [9.17, 15) is 0 Å². The van der Waals surface area contributed by atoms with Crippen LogP contribution in [0.1, 0.15) is 22.3 Å². The molecule has 0 fully saturated rings. The fraction of sp³-hybridized carbons (Fsp3) is 0.0667. The molecule has 0 amide bonds. The SMILES string of the molecule is Brc1ccccc1/C=C/Cc1ccccc1.Brc1ccccc1/C=C\Cc1ccccc1. The van der Waals surface area contributed by atoms with Gasteiger partial charge in [0, 0.05) is 8.95 Å². The van der Waals surface area contributed by atoms with Crippen molar-refractivity contribution in [3.63, 3.8) is 0 Å². The molecular weight excluding hydrogens is 520 g/mol. The molecule has 0 atom stereocenters. The van der Waals surface area contributed by atoms with Gasteiger partial charge in [-0.3, -0.25) is 0 Å². The largest absolute Gasteiger partial charge is 0.0795 e. The molecule has 0 heterocycles. The first kappa shape index (κ1) is 24.0. The van der Waals surface area contributed by atoms with Gasteiger partial charge in [-0.1, -0.05) is 153 Å². The normalized spacial score (nSPS) is 10.8. The quantitative estimate of drug-likeness (QED) is 0.226. The summed E-state index contributed by atoms with van der Waals surface area (Å²) in [6.07, 6.45) is 10.6. The summed E-state index contributed by atoms with van der Waals surface area (Å²) < 4.78 is 2.28. The van der Waals surface area contributed by atoms with E-state index in [4.69, 9.17) is 0 Å². The van der Waals surface area contributed by atoms with E-state index < -0.39 is 0 Å². The Morgan fingerprint density at radius 3 is 1.16 bits per heavy atom. The highest BCUT2D eigenvalue weighted by Gasteiger charge is 1.93. The van der Waals surface area contributed by atoms with E-state index in [0.717, 1.165) is 21.8 Å². The molecule has 0 bridgehead atoms. The van der Waals surface area contributed by atoms with Gasteiger partial charge in [-0.2, -0.15) is 0 Å². The summed E-state index contributed by atoms with van der Waals surface area (Å²) in [7, 11) is 0. The van der Waals surface area contributed by atoms with Crippen molar-refractivity contribution >= 4 is 44.0 Å². The second-order valence-electron chi connectivity index (χ2n) is 7.23. The highest BCUT2D eigenvalue weighted by Crippen LogP contribution is 2.18. The van der Waals surface area contributed by atoms with Gasteiger partial charge in [0.2, 0.25) is 0 Å². The lowest BCUT2D eigenvalue weighted by molar-refractivity contribution is 1.28. The molecule has 0 radical (unpaired) electrons. The number of hydrogen-bond acceptors (Lipinski definition) is 0. The summed E-state index contributed by atoms with van der Waals surface area (Å²) in [5.74, 6) is 0. The van der Waals surface area contributed by atoms with Crippen molar-refractivity contribution in [1.82, 2.24) is 0 Å². The van der Waals surface area contributed by atoms with Gasteiger partial charge in [-0.05, 0) is 47.2 Å². The van der Waals surface area contributed by atoms with Crippen molar-refractivity contribution in [3.8, 4) is 0 Å². The van der Waals surface area contributed by atoms with Crippen LogP contribution < -0.4 is 0 Å². The van der Waals surface area contributed by atoms with Crippen molar-refractivity contribution in [1.29, 1.82) is 0 Å². The Kier molecular flexibility index (Phi) is 10.2. The van der Waals surface area contributed by atoms with Gasteiger partial charge >= 0.3 is 0 Å². The second-order valence-corrected chi connectivity index (χ2v) is 8.94. The number of rotatable bonds is 6. The fourth-order valence-corrected chi connectivity index (χ4v) is 3.93. The zero-order valence-electron chi connectivity index (χ0n) is 17.9. The maximum Gasteiger partial charge on any atom is 0.0247 e. The average Bonchev–Trinajstić information content (AvgIpc) is 2.83. The monoisotopic (exact) mass is 544 g/mol. The number of hydrogen-bond donors (Lipinski definition) is 0. The van der Waals surface area contributed by atoms with Crippen LogP contribution in [-0.2, 0) is 12.8 Å². The molecule has 0 N–H and O–H groups in total. The van der Waals surface area contributed by atoms with E-state index in [1.165, 1.54) is 22.3 Å².